The summed E-state index contributed by atoms with van der Waals surface area (Å²) in [5, 5.41) is 11.2. The van der Waals surface area contributed by atoms with Crippen molar-refractivity contribution in [2.45, 2.75) is 18.8 Å². The molecule has 0 saturated carbocycles. The van der Waals surface area contributed by atoms with Crippen LogP contribution in [0, 0.1) is 17.1 Å². The van der Waals surface area contributed by atoms with E-state index < -0.39 is 53.3 Å². The molecule has 170 valence electrons. The third-order valence-corrected chi connectivity index (χ3v) is 4.43. The lowest BCUT2D eigenvalue weighted by Crippen LogP contribution is -2.36. The second-order valence-corrected chi connectivity index (χ2v) is 6.60. The number of amides is 1. The standard InChI is InChI=1S/C19H13F7N4O2/c20-10-2-3-13-14(6-10)32-5-1-4-30(13)16(31)9-28-17-11(8-27)12(18(21,22)23)7-15(29-17)19(24,25)26/h2-3,6-7H,1,4-5,9H2,(H,28,29). The number of rotatable bonds is 3. The average molecular weight is 462 g/mol. The van der Waals surface area contributed by atoms with Gasteiger partial charge < -0.3 is 15.0 Å². The number of carbonyl (C=O) groups excluding carboxylic acids is 1. The van der Waals surface area contributed by atoms with Gasteiger partial charge in [0.25, 0.3) is 0 Å². The second kappa shape index (κ2) is 8.52. The first-order valence-corrected chi connectivity index (χ1v) is 8.98. The van der Waals surface area contributed by atoms with Gasteiger partial charge >= 0.3 is 12.4 Å². The fourth-order valence-electron chi connectivity index (χ4n) is 3.02. The summed E-state index contributed by atoms with van der Waals surface area (Å²) >= 11 is 0. The molecule has 0 unspecified atom stereocenters. The zero-order valence-electron chi connectivity index (χ0n) is 15.9. The number of carbonyl (C=O) groups is 1. The molecule has 0 radical (unpaired) electrons. The highest BCUT2D eigenvalue weighted by atomic mass is 19.4. The fourth-order valence-corrected chi connectivity index (χ4v) is 3.02. The number of nitrogens with one attached hydrogen (secondary N) is 1. The van der Waals surface area contributed by atoms with E-state index in [1.54, 1.807) is 0 Å². The van der Waals surface area contributed by atoms with Gasteiger partial charge in [0, 0.05) is 12.6 Å². The van der Waals surface area contributed by atoms with Crippen LogP contribution in [-0.2, 0) is 17.1 Å². The van der Waals surface area contributed by atoms with Crippen LogP contribution in [0.1, 0.15) is 23.2 Å². The number of nitriles is 1. The summed E-state index contributed by atoms with van der Waals surface area (Å²) < 4.78 is 97.6. The molecular formula is C19H13F7N4O2. The van der Waals surface area contributed by atoms with Crippen LogP contribution in [0.5, 0.6) is 5.75 Å². The van der Waals surface area contributed by atoms with Gasteiger partial charge in [0.1, 0.15) is 34.7 Å². The van der Waals surface area contributed by atoms with Gasteiger partial charge in [-0.1, -0.05) is 0 Å². The smallest absolute Gasteiger partial charge is 0.433 e. The molecule has 3 rings (SSSR count). The van der Waals surface area contributed by atoms with E-state index in [9.17, 15) is 35.5 Å². The van der Waals surface area contributed by atoms with Gasteiger partial charge in [-0.2, -0.15) is 31.6 Å². The number of nitrogens with zero attached hydrogens (tertiary/aromatic N) is 3. The summed E-state index contributed by atoms with van der Waals surface area (Å²) in [5.41, 5.74) is -4.70. The third-order valence-electron chi connectivity index (χ3n) is 4.43. The Balaban J connectivity index is 1.93. The number of ether oxygens (including phenoxy) is 1. The van der Waals surface area contributed by atoms with Crippen LogP contribution in [0.15, 0.2) is 24.3 Å². The number of anilines is 2. The summed E-state index contributed by atoms with van der Waals surface area (Å²) in [7, 11) is 0. The quantitative estimate of drug-likeness (QED) is 0.686. The number of hydrogen-bond donors (Lipinski definition) is 1. The van der Waals surface area contributed by atoms with Crippen LogP contribution in [-0.4, -0.2) is 30.6 Å². The molecule has 32 heavy (non-hydrogen) atoms. The molecule has 0 fully saturated rings. The van der Waals surface area contributed by atoms with E-state index >= 15 is 0 Å². The van der Waals surface area contributed by atoms with Gasteiger partial charge in [-0.3, -0.25) is 4.79 Å². The Kier molecular flexibility index (Phi) is 6.16. The molecule has 2 aromatic rings. The Bertz CT molecular complexity index is 1080. The highest BCUT2D eigenvalue weighted by Crippen LogP contribution is 2.38. The minimum Gasteiger partial charge on any atom is -0.491 e. The maximum atomic E-state index is 13.5. The molecule has 6 nitrogen and oxygen atoms in total. The topological polar surface area (TPSA) is 78.2 Å². The highest BCUT2D eigenvalue weighted by molar-refractivity contribution is 5.97. The van der Waals surface area contributed by atoms with E-state index in [4.69, 9.17) is 10.00 Å². The number of benzene rings is 1. The lowest BCUT2D eigenvalue weighted by molar-refractivity contribution is -0.145. The van der Waals surface area contributed by atoms with Crippen molar-refractivity contribution in [3.8, 4) is 11.8 Å². The minimum absolute atomic E-state index is 0.0603. The summed E-state index contributed by atoms with van der Waals surface area (Å²) in [4.78, 5) is 16.9. The third kappa shape index (κ3) is 4.84. The second-order valence-electron chi connectivity index (χ2n) is 6.60. The molecule has 1 N–H and O–H groups in total. The number of fused-ring (bicyclic) bond motifs is 1. The normalized spacial score (nSPS) is 14.1. The predicted octanol–water partition coefficient (Wildman–Crippen LogP) is 4.36. The maximum Gasteiger partial charge on any atom is 0.433 e. The van der Waals surface area contributed by atoms with E-state index in [0.717, 1.165) is 17.0 Å². The van der Waals surface area contributed by atoms with Crippen molar-refractivity contribution < 1.29 is 40.3 Å². The molecular weight excluding hydrogens is 449 g/mol. The molecule has 0 atom stereocenters. The molecule has 0 spiro atoms. The number of pyridine rings is 1. The molecule has 1 aliphatic heterocycles. The van der Waals surface area contributed by atoms with Crippen molar-refractivity contribution in [3.63, 3.8) is 0 Å². The van der Waals surface area contributed by atoms with Crippen LogP contribution in [0.25, 0.3) is 0 Å². The van der Waals surface area contributed by atoms with E-state index in [1.807, 2.05) is 0 Å². The fraction of sp³-hybridized carbons (Fsp3) is 0.316. The largest absolute Gasteiger partial charge is 0.491 e. The van der Waals surface area contributed by atoms with Crippen LogP contribution < -0.4 is 15.0 Å². The van der Waals surface area contributed by atoms with Crippen molar-refractivity contribution >= 4 is 17.4 Å². The maximum absolute atomic E-state index is 13.5. The van der Waals surface area contributed by atoms with Crippen molar-refractivity contribution in [3.05, 3.63) is 46.9 Å². The van der Waals surface area contributed by atoms with Crippen molar-refractivity contribution in [2.75, 3.05) is 29.9 Å². The first kappa shape index (κ1) is 23.1. The number of aromatic nitrogens is 1. The van der Waals surface area contributed by atoms with Gasteiger partial charge in [-0.15, -0.1) is 0 Å². The van der Waals surface area contributed by atoms with Gasteiger partial charge in [0.2, 0.25) is 5.91 Å². The molecule has 0 bridgehead atoms. The van der Waals surface area contributed by atoms with Gasteiger partial charge in [0.05, 0.1) is 24.4 Å². The first-order chi connectivity index (χ1) is 14.9. The number of halogens is 7. The predicted molar refractivity (Wildman–Crippen MR) is 96.3 cm³/mol. The Morgan fingerprint density at radius 3 is 2.53 bits per heavy atom. The van der Waals surface area contributed by atoms with Crippen molar-refractivity contribution in [2.24, 2.45) is 0 Å². The van der Waals surface area contributed by atoms with Gasteiger partial charge in [0.15, 0.2) is 0 Å². The monoisotopic (exact) mass is 462 g/mol. The summed E-state index contributed by atoms with van der Waals surface area (Å²) in [6, 6.07) is 4.30. The van der Waals surface area contributed by atoms with Gasteiger partial charge in [-0.25, -0.2) is 9.37 Å². The number of hydrogen-bond acceptors (Lipinski definition) is 5. The summed E-state index contributed by atoms with van der Waals surface area (Å²) in [5.74, 6) is -2.36. The summed E-state index contributed by atoms with van der Waals surface area (Å²) in [6.45, 7) is -0.512. The van der Waals surface area contributed by atoms with E-state index in [0.29, 0.717) is 6.42 Å². The Labute approximate surface area is 176 Å². The Hall–Kier alpha value is -3.56. The van der Waals surface area contributed by atoms with Gasteiger partial charge in [-0.05, 0) is 24.6 Å². The molecule has 13 heteroatoms. The van der Waals surface area contributed by atoms with Crippen molar-refractivity contribution in [1.29, 1.82) is 5.26 Å². The van der Waals surface area contributed by atoms with Crippen LogP contribution in [0.3, 0.4) is 0 Å². The lowest BCUT2D eigenvalue weighted by atomic mass is 10.1. The zero-order valence-corrected chi connectivity index (χ0v) is 15.9. The van der Waals surface area contributed by atoms with Crippen LogP contribution >= 0.6 is 0 Å². The van der Waals surface area contributed by atoms with E-state index in [2.05, 4.69) is 10.3 Å². The van der Waals surface area contributed by atoms with E-state index in [-0.39, 0.29) is 30.7 Å². The van der Waals surface area contributed by atoms with E-state index in [1.165, 1.54) is 12.1 Å². The minimum atomic E-state index is -5.26. The summed E-state index contributed by atoms with van der Waals surface area (Å²) in [6.07, 6.45) is -10.1. The average Bonchev–Trinajstić information content (AvgIpc) is 2.91. The Morgan fingerprint density at radius 2 is 1.91 bits per heavy atom. The number of alkyl halides is 6. The van der Waals surface area contributed by atoms with Crippen LogP contribution in [0.4, 0.5) is 42.2 Å². The molecule has 1 aromatic carbocycles. The molecule has 1 amide bonds. The molecule has 2 heterocycles. The SMILES string of the molecule is N#Cc1c(C(F)(F)F)cc(C(F)(F)F)nc1NCC(=O)N1CCCOc2cc(F)ccc21. The molecule has 1 aromatic heterocycles. The first-order valence-electron chi connectivity index (χ1n) is 8.98. The van der Waals surface area contributed by atoms with Crippen molar-refractivity contribution in [1.82, 2.24) is 4.98 Å². The van der Waals surface area contributed by atoms with Crippen LogP contribution in [0.2, 0.25) is 0 Å². The lowest BCUT2D eigenvalue weighted by Gasteiger charge is -2.22. The zero-order chi connectivity index (χ0) is 23.7. The Morgan fingerprint density at radius 1 is 1.19 bits per heavy atom. The molecule has 1 aliphatic rings. The molecule has 0 saturated heterocycles. The molecule has 0 aliphatic carbocycles. The highest BCUT2D eigenvalue weighted by Gasteiger charge is 2.41.